The lowest BCUT2D eigenvalue weighted by Gasteiger charge is -2.22. The molecule has 1 aliphatic carbocycles. The van der Waals surface area contributed by atoms with Crippen molar-refractivity contribution >= 4 is 12.0 Å². The monoisotopic (exact) mass is 449 g/mol. The molecule has 0 bridgehead atoms. The number of halogens is 3. The molecular formula is C22H26F3N5O2. The third-order valence-electron chi connectivity index (χ3n) is 6.02. The van der Waals surface area contributed by atoms with Gasteiger partial charge < -0.3 is 20.5 Å². The molecular weight excluding hydrogens is 423 g/mol. The molecule has 0 radical (unpaired) electrons. The second-order valence-electron chi connectivity index (χ2n) is 8.45. The van der Waals surface area contributed by atoms with E-state index in [-0.39, 0.29) is 28.3 Å². The van der Waals surface area contributed by atoms with E-state index < -0.39 is 12.6 Å². The Bertz CT molecular complexity index is 1020. The molecule has 7 nitrogen and oxygen atoms in total. The number of hydrogen-bond acceptors (Lipinski definition) is 7. The summed E-state index contributed by atoms with van der Waals surface area (Å²) in [5.41, 5.74) is 7.44. The Labute approximate surface area is 184 Å². The first-order valence-electron chi connectivity index (χ1n) is 10.5. The third kappa shape index (κ3) is 4.95. The van der Waals surface area contributed by atoms with Gasteiger partial charge in [0, 0.05) is 30.5 Å². The number of benzene rings is 1. The maximum absolute atomic E-state index is 13.2. The third-order valence-corrected chi connectivity index (χ3v) is 6.02. The van der Waals surface area contributed by atoms with Crippen molar-refractivity contribution in [2.75, 3.05) is 25.6 Å². The summed E-state index contributed by atoms with van der Waals surface area (Å²) in [5, 5.41) is 11.8. The second kappa shape index (κ2) is 8.57. The normalized spacial score (nSPS) is 20.3. The average molecular weight is 449 g/mol. The van der Waals surface area contributed by atoms with Crippen molar-refractivity contribution < 1.29 is 22.6 Å². The van der Waals surface area contributed by atoms with Gasteiger partial charge in [0.05, 0.1) is 19.2 Å². The van der Waals surface area contributed by atoms with Crippen LogP contribution in [0.1, 0.15) is 37.4 Å². The minimum atomic E-state index is -4.40. The number of nitrogens with two attached hydrogens (primary N) is 1. The molecule has 1 atom stereocenters. The van der Waals surface area contributed by atoms with Crippen molar-refractivity contribution in [3.8, 4) is 17.0 Å². The molecule has 172 valence electrons. The van der Waals surface area contributed by atoms with Crippen LogP contribution in [0.2, 0.25) is 0 Å². The molecule has 1 aromatic carbocycles. The van der Waals surface area contributed by atoms with Gasteiger partial charge in [0.15, 0.2) is 0 Å². The van der Waals surface area contributed by atoms with E-state index in [4.69, 9.17) is 15.2 Å². The predicted octanol–water partition coefficient (Wildman–Crippen LogP) is 3.95. The summed E-state index contributed by atoms with van der Waals surface area (Å²) in [7, 11) is 1.41. The molecule has 4 rings (SSSR count). The summed E-state index contributed by atoms with van der Waals surface area (Å²) >= 11 is 0. The molecule has 1 aliphatic heterocycles. The van der Waals surface area contributed by atoms with Gasteiger partial charge in [-0.2, -0.15) is 13.2 Å². The number of hydrogen-bond donors (Lipinski definition) is 2. The first-order chi connectivity index (χ1) is 15.2. The Hall–Kier alpha value is -2.88. The smallest absolute Gasteiger partial charge is 0.393 e. The Kier molecular flexibility index (Phi) is 5.98. The van der Waals surface area contributed by atoms with Gasteiger partial charge in [-0.1, -0.05) is 0 Å². The van der Waals surface area contributed by atoms with Crippen molar-refractivity contribution in [3.05, 3.63) is 35.2 Å². The predicted molar refractivity (Wildman–Crippen MR) is 114 cm³/mol. The topological polar surface area (TPSA) is 95.2 Å². The van der Waals surface area contributed by atoms with E-state index >= 15 is 0 Å². The first kappa shape index (κ1) is 22.3. The summed E-state index contributed by atoms with van der Waals surface area (Å²) in [6.45, 7) is 3.17. The standard InChI is InChI=1S/C22H26F3N5O2/c1-13(26)9-17-19(16-4-3-15(31-2)10-14(16)11-22(23,24)25)29-30-20(27-17)28-18-12-21(18)5-7-32-8-6-21/h3-4,9-10,18H,5-8,11-12,26H2,1-2H3,(H,27,28,30)/b13-9-. The molecule has 1 unspecified atom stereocenters. The number of alkyl halides is 3. The van der Waals surface area contributed by atoms with Gasteiger partial charge in [0.2, 0.25) is 5.95 Å². The number of methoxy groups -OCH3 is 1. The van der Waals surface area contributed by atoms with Crippen LogP contribution in [-0.2, 0) is 11.2 Å². The summed E-state index contributed by atoms with van der Waals surface area (Å²) < 4.78 is 50.2. The summed E-state index contributed by atoms with van der Waals surface area (Å²) in [5.74, 6) is 0.662. The van der Waals surface area contributed by atoms with Crippen molar-refractivity contribution in [1.29, 1.82) is 0 Å². The number of aromatic nitrogens is 3. The zero-order valence-corrected chi connectivity index (χ0v) is 18.0. The fourth-order valence-electron chi connectivity index (χ4n) is 4.24. The number of anilines is 1. The van der Waals surface area contributed by atoms with Crippen molar-refractivity contribution in [1.82, 2.24) is 15.2 Å². The zero-order valence-electron chi connectivity index (χ0n) is 18.0. The van der Waals surface area contributed by atoms with Crippen LogP contribution in [0.5, 0.6) is 5.75 Å². The molecule has 10 heteroatoms. The van der Waals surface area contributed by atoms with Gasteiger partial charge in [-0.15, -0.1) is 10.2 Å². The van der Waals surface area contributed by atoms with Crippen LogP contribution >= 0.6 is 0 Å². The van der Waals surface area contributed by atoms with Crippen LogP contribution < -0.4 is 15.8 Å². The lowest BCUT2D eigenvalue weighted by molar-refractivity contribution is -0.127. The zero-order chi connectivity index (χ0) is 22.9. The Morgan fingerprint density at radius 1 is 1.31 bits per heavy atom. The highest BCUT2D eigenvalue weighted by atomic mass is 19.4. The number of rotatable bonds is 6. The molecule has 1 aromatic heterocycles. The Balaban J connectivity index is 1.68. The highest BCUT2D eigenvalue weighted by Gasteiger charge is 2.54. The van der Waals surface area contributed by atoms with Crippen LogP contribution in [0.3, 0.4) is 0 Å². The number of allylic oxidation sites excluding steroid dienone is 1. The SMILES string of the molecule is COc1ccc(-c2nnc(NC3CC34CCOCC4)nc2/C=C(/C)N)c(CC(F)(F)F)c1. The second-order valence-corrected chi connectivity index (χ2v) is 8.45. The van der Waals surface area contributed by atoms with E-state index in [1.54, 1.807) is 25.1 Å². The summed E-state index contributed by atoms with van der Waals surface area (Å²) in [6.07, 6.45) is -0.953. The van der Waals surface area contributed by atoms with Gasteiger partial charge in [-0.25, -0.2) is 4.98 Å². The van der Waals surface area contributed by atoms with Gasteiger partial charge in [-0.05, 0) is 61.4 Å². The van der Waals surface area contributed by atoms with Gasteiger partial charge >= 0.3 is 6.18 Å². The lowest BCUT2D eigenvalue weighted by atomic mass is 9.96. The molecule has 3 N–H and O–H groups in total. The van der Waals surface area contributed by atoms with Crippen LogP contribution in [0.4, 0.5) is 19.1 Å². The molecule has 1 saturated heterocycles. The van der Waals surface area contributed by atoms with Gasteiger partial charge in [0.25, 0.3) is 0 Å². The fourth-order valence-corrected chi connectivity index (χ4v) is 4.24. The molecule has 32 heavy (non-hydrogen) atoms. The van der Waals surface area contributed by atoms with Gasteiger partial charge in [0.1, 0.15) is 11.4 Å². The number of ether oxygens (including phenoxy) is 2. The average Bonchev–Trinajstić information content (AvgIpc) is 3.37. The first-order valence-corrected chi connectivity index (χ1v) is 10.5. The molecule has 1 spiro atoms. The van der Waals surface area contributed by atoms with E-state index in [2.05, 4.69) is 20.5 Å². The summed E-state index contributed by atoms with van der Waals surface area (Å²) in [6, 6.07) is 4.72. The Morgan fingerprint density at radius 3 is 2.72 bits per heavy atom. The van der Waals surface area contributed by atoms with E-state index in [9.17, 15) is 13.2 Å². The maximum atomic E-state index is 13.2. The molecule has 0 amide bonds. The number of nitrogens with zero attached hydrogens (tertiary/aromatic N) is 3. The lowest BCUT2D eigenvalue weighted by Crippen LogP contribution is -2.23. The highest BCUT2D eigenvalue weighted by Crippen LogP contribution is 2.54. The molecule has 1 saturated carbocycles. The largest absolute Gasteiger partial charge is 0.497 e. The van der Waals surface area contributed by atoms with E-state index in [1.165, 1.54) is 13.2 Å². The van der Waals surface area contributed by atoms with E-state index in [0.29, 0.717) is 23.1 Å². The highest BCUT2D eigenvalue weighted by molar-refractivity contribution is 5.73. The number of nitrogens with one attached hydrogen (secondary N) is 1. The molecule has 2 heterocycles. The maximum Gasteiger partial charge on any atom is 0.393 e. The van der Waals surface area contributed by atoms with Crippen LogP contribution in [0, 0.1) is 5.41 Å². The van der Waals surface area contributed by atoms with Crippen molar-refractivity contribution in [2.24, 2.45) is 11.1 Å². The van der Waals surface area contributed by atoms with Crippen molar-refractivity contribution in [2.45, 2.75) is 44.8 Å². The molecule has 2 aliphatic rings. The van der Waals surface area contributed by atoms with Gasteiger partial charge in [-0.3, -0.25) is 0 Å². The van der Waals surface area contributed by atoms with Crippen LogP contribution in [-0.4, -0.2) is 47.7 Å². The molecule has 2 fully saturated rings. The molecule has 2 aromatic rings. The fraction of sp³-hybridized carbons (Fsp3) is 0.500. The van der Waals surface area contributed by atoms with E-state index in [1.807, 2.05) is 0 Å². The van der Waals surface area contributed by atoms with Crippen molar-refractivity contribution in [3.63, 3.8) is 0 Å². The van der Waals surface area contributed by atoms with Crippen LogP contribution in [0.25, 0.3) is 17.3 Å². The van der Waals surface area contributed by atoms with E-state index in [0.717, 1.165) is 32.5 Å². The minimum absolute atomic E-state index is 0.0290. The minimum Gasteiger partial charge on any atom is -0.497 e. The summed E-state index contributed by atoms with van der Waals surface area (Å²) in [4.78, 5) is 4.54. The quantitative estimate of drug-likeness (QED) is 0.689. The Morgan fingerprint density at radius 2 is 2.06 bits per heavy atom. The van der Waals surface area contributed by atoms with Crippen LogP contribution in [0.15, 0.2) is 23.9 Å².